The van der Waals surface area contributed by atoms with Crippen LogP contribution >= 0.6 is 0 Å². The van der Waals surface area contributed by atoms with Crippen molar-refractivity contribution < 1.29 is 9.90 Å². The van der Waals surface area contributed by atoms with Crippen LogP contribution in [0.2, 0.25) is 4.82 Å². The first-order valence-corrected chi connectivity index (χ1v) is 5.01. The molecule has 0 N–H and O–H groups in total. The summed E-state index contributed by atoms with van der Waals surface area (Å²) in [6.07, 6.45) is 4.16. The number of hydrogen-bond donors (Lipinski definition) is 0. The Balaban J connectivity index is 3.08. The molecule has 0 aromatic heterocycles. The van der Waals surface area contributed by atoms with Crippen molar-refractivity contribution in [1.29, 1.82) is 0 Å². The Kier molecular flexibility index (Phi) is 6.68. The molecule has 0 fully saturated rings. The van der Waals surface area contributed by atoms with Gasteiger partial charge >= 0.3 is 75.7 Å². The SMILES string of the molecule is CCC([Se])CCCCC(=O)[O-]. The van der Waals surface area contributed by atoms with E-state index in [-0.39, 0.29) is 6.42 Å². The van der Waals surface area contributed by atoms with E-state index in [1.807, 2.05) is 0 Å². The van der Waals surface area contributed by atoms with Crippen LogP contribution in [-0.2, 0) is 4.79 Å². The average Bonchev–Trinajstić information content (AvgIpc) is 1.97. The van der Waals surface area contributed by atoms with Crippen LogP contribution < -0.4 is 5.11 Å². The first-order valence-electron chi connectivity index (χ1n) is 4.02. The van der Waals surface area contributed by atoms with E-state index in [9.17, 15) is 9.90 Å². The van der Waals surface area contributed by atoms with E-state index in [2.05, 4.69) is 22.9 Å². The molecule has 0 rings (SSSR count). The third kappa shape index (κ3) is 7.89. The molecular formula is C8H14O2Se-. The van der Waals surface area contributed by atoms with Gasteiger partial charge in [0.05, 0.1) is 0 Å². The summed E-state index contributed by atoms with van der Waals surface area (Å²) < 4.78 is 0. The molecule has 1 atom stereocenters. The van der Waals surface area contributed by atoms with Crippen molar-refractivity contribution in [3.05, 3.63) is 0 Å². The Labute approximate surface area is 76.2 Å². The summed E-state index contributed by atoms with van der Waals surface area (Å²) in [5, 5.41) is 9.99. The molecule has 0 aliphatic heterocycles. The number of carbonyl (C=O) groups is 1. The molecule has 65 valence electrons. The van der Waals surface area contributed by atoms with E-state index < -0.39 is 5.97 Å². The van der Waals surface area contributed by atoms with Gasteiger partial charge in [-0.3, -0.25) is 0 Å². The van der Waals surface area contributed by atoms with Crippen molar-refractivity contribution in [3.63, 3.8) is 0 Å². The predicted molar refractivity (Wildman–Crippen MR) is 43.3 cm³/mol. The monoisotopic (exact) mass is 222 g/mol. The number of aliphatic carboxylic acids is 1. The number of unbranched alkanes of at least 4 members (excludes halogenated alkanes) is 1. The van der Waals surface area contributed by atoms with Crippen molar-refractivity contribution in [2.24, 2.45) is 0 Å². The van der Waals surface area contributed by atoms with Gasteiger partial charge < -0.3 is 0 Å². The van der Waals surface area contributed by atoms with Crippen molar-refractivity contribution in [2.75, 3.05) is 0 Å². The predicted octanol–water partition coefficient (Wildman–Crippen LogP) is 0.664. The molecule has 0 saturated carbocycles. The summed E-state index contributed by atoms with van der Waals surface area (Å²) in [4.78, 5) is 10.6. The minimum atomic E-state index is -0.932. The summed E-state index contributed by atoms with van der Waals surface area (Å²) in [6.45, 7) is 2.12. The van der Waals surface area contributed by atoms with Crippen molar-refractivity contribution in [3.8, 4) is 0 Å². The van der Waals surface area contributed by atoms with Gasteiger partial charge in [-0.2, -0.15) is 0 Å². The summed E-state index contributed by atoms with van der Waals surface area (Å²) >= 11 is 3.05. The Morgan fingerprint density at radius 3 is 2.64 bits per heavy atom. The Morgan fingerprint density at radius 2 is 2.18 bits per heavy atom. The third-order valence-corrected chi connectivity index (χ3v) is 2.81. The Bertz CT molecular complexity index is 115. The second kappa shape index (κ2) is 6.68. The fraction of sp³-hybridized carbons (Fsp3) is 0.875. The van der Waals surface area contributed by atoms with E-state index in [1.165, 1.54) is 0 Å². The zero-order chi connectivity index (χ0) is 8.69. The minimum absolute atomic E-state index is 0.205. The standard InChI is InChI=1S/C8H15O2Se/c1-2-7(11)5-3-4-6-8(9)10/h7H,2-6H2,1H3,(H,9,10)/p-1. The van der Waals surface area contributed by atoms with Crippen molar-refractivity contribution in [2.45, 2.75) is 43.8 Å². The second-order valence-corrected chi connectivity index (χ2v) is 4.05. The number of hydrogen-bond acceptors (Lipinski definition) is 2. The van der Waals surface area contributed by atoms with Gasteiger partial charge in [0.2, 0.25) is 0 Å². The van der Waals surface area contributed by atoms with Crippen LogP contribution in [-0.4, -0.2) is 22.0 Å². The molecule has 3 heteroatoms. The number of carboxylic acids is 1. The molecule has 0 heterocycles. The first kappa shape index (κ1) is 11.0. The zero-order valence-electron chi connectivity index (χ0n) is 6.84. The molecule has 0 amide bonds. The molecular weight excluding hydrogens is 207 g/mol. The van der Waals surface area contributed by atoms with Gasteiger partial charge in [0.1, 0.15) is 0 Å². The first-order chi connectivity index (χ1) is 5.16. The van der Waals surface area contributed by atoms with Gasteiger partial charge in [-0.1, -0.05) is 0 Å². The molecule has 0 aromatic carbocycles. The maximum absolute atomic E-state index is 9.99. The second-order valence-electron chi connectivity index (χ2n) is 2.65. The van der Waals surface area contributed by atoms with E-state index in [1.54, 1.807) is 0 Å². The molecule has 0 saturated heterocycles. The number of carboxylic acid groups (broad SMARTS) is 1. The van der Waals surface area contributed by atoms with Gasteiger partial charge in [0.25, 0.3) is 0 Å². The van der Waals surface area contributed by atoms with Crippen LogP contribution in [0.15, 0.2) is 0 Å². The molecule has 0 aromatic rings. The van der Waals surface area contributed by atoms with Crippen LogP contribution in [0.5, 0.6) is 0 Å². The number of rotatable bonds is 6. The van der Waals surface area contributed by atoms with Gasteiger partial charge in [-0.05, 0) is 0 Å². The average molecular weight is 221 g/mol. The molecule has 0 aliphatic carbocycles. The summed E-state index contributed by atoms with van der Waals surface area (Å²) in [6, 6.07) is 0. The Hall–Kier alpha value is -0.0105. The van der Waals surface area contributed by atoms with Gasteiger partial charge in [-0.25, -0.2) is 0 Å². The number of carbonyl (C=O) groups excluding carboxylic acids is 1. The van der Waals surface area contributed by atoms with Crippen LogP contribution in [0.1, 0.15) is 39.0 Å². The molecule has 0 spiro atoms. The normalized spacial score (nSPS) is 12.9. The van der Waals surface area contributed by atoms with Crippen LogP contribution in [0, 0.1) is 0 Å². The molecule has 2 nitrogen and oxygen atoms in total. The fourth-order valence-electron chi connectivity index (χ4n) is 0.845. The van der Waals surface area contributed by atoms with E-state index in [0.29, 0.717) is 4.82 Å². The zero-order valence-corrected chi connectivity index (χ0v) is 8.55. The molecule has 1 radical (unpaired) electrons. The van der Waals surface area contributed by atoms with Crippen LogP contribution in [0.25, 0.3) is 0 Å². The molecule has 1 unspecified atom stereocenters. The van der Waals surface area contributed by atoms with Gasteiger partial charge in [0.15, 0.2) is 0 Å². The maximum atomic E-state index is 9.99. The molecule has 0 bridgehead atoms. The summed E-state index contributed by atoms with van der Waals surface area (Å²) in [7, 11) is 0. The van der Waals surface area contributed by atoms with E-state index in [0.717, 1.165) is 25.7 Å². The molecule has 11 heavy (non-hydrogen) atoms. The topological polar surface area (TPSA) is 40.1 Å². The quantitative estimate of drug-likeness (QED) is 0.488. The molecule has 0 aliphatic rings. The van der Waals surface area contributed by atoms with Crippen LogP contribution in [0.3, 0.4) is 0 Å². The summed E-state index contributed by atoms with van der Waals surface area (Å²) in [5.41, 5.74) is 0. The summed E-state index contributed by atoms with van der Waals surface area (Å²) in [5.74, 6) is -0.932. The van der Waals surface area contributed by atoms with Gasteiger partial charge in [-0.15, -0.1) is 0 Å². The van der Waals surface area contributed by atoms with Crippen molar-refractivity contribution in [1.82, 2.24) is 0 Å². The van der Waals surface area contributed by atoms with E-state index >= 15 is 0 Å². The van der Waals surface area contributed by atoms with Gasteiger partial charge in [0, 0.05) is 0 Å². The third-order valence-electron chi connectivity index (χ3n) is 1.61. The van der Waals surface area contributed by atoms with E-state index in [4.69, 9.17) is 0 Å². The van der Waals surface area contributed by atoms with Crippen LogP contribution in [0.4, 0.5) is 0 Å². The fourth-order valence-corrected chi connectivity index (χ4v) is 1.20. The van der Waals surface area contributed by atoms with Crippen molar-refractivity contribution >= 4 is 22.0 Å². The Morgan fingerprint density at radius 1 is 1.55 bits per heavy atom.